The van der Waals surface area contributed by atoms with E-state index in [1.165, 1.54) is 12.1 Å². The van der Waals surface area contributed by atoms with Gasteiger partial charge in [-0.1, -0.05) is 18.2 Å². The minimum absolute atomic E-state index is 0.0397. The van der Waals surface area contributed by atoms with Crippen LogP contribution in [-0.4, -0.2) is 11.7 Å². The molecule has 2 aromatic carbocycles. The van der Waals surface area contributed by atoms with E-state index in [1.54, 1.807) is 25.1 Å². The van der Waals surface area contributed by atoms with E-state index in [0.717, 1.165) is 5.56 Å². The molecule has 1 unspecified atom stereocenters. The van der Waals surface area contributed by atoms with Gasteiger partial charge in [-0.15, -0.1) is 0 Å². The molecule has 1 aliphatic heterocycles. The number of dihydropyridines is 1. The van der Waals surface area contributed by atoms with E-state index >= 15 is 0 Å². The second-order valence-electron chi connectivity index (χ2n) is 10.0. The topological polar surface area (TPSA) is 71.3 Å². The Hall–Kier alpha value is -4.28. The second-order valence-corrected chi connectivity index (χ2v) is 10.0. The number of carbonyl (C=O) groups is 2. The first kappa shape index (κ1) is 28.3. The third-order valence-corrected chi connectivity index (χ3v) is 7.20. The van der Waals surface area contributed by atoms with Gasteiger partial charge in [-0.05, 0) is 68.7 Å². The summed E-state index contributed by atoms with van der Waals surface area (Å²) in [6.07, 6.45) is -8.73. The smallest absolute Gasteiger partial charge is 0.416 e. The van der Waals surface area contributed by atoms with Gasteiger partial charge in [-0.2, -0.15) is 26.3 Å². The summed E-state index contributed by atoms with van der Waals surface area (Å²) in [6.45, 7) is 3.47. The Bertz CT molecular complexity index is 1580. The van der Waals surface area contributed by atoms with E-state index in [2.05, 4.69) is 10.6 Å². The fraction of sp³-hybridized carbons (Fsp3) is 0.267. The predicted molar refractivity (Wildman–Crippen MR) is 138 cm³/mol. The summed E-state index contributed by atoms with van der Waals surface area (Å²) in [5, 5.41) is 6.00. The largest absolute Gasteiger partial charge is 0.460 e. The monoisotopic (exact) mass is 574 g/mol. The number of Topliss-reactive ketones (excluding diaryl/α,β-unsaturated/α-hetero) is 1. The molecule has 11 heteroatoms. The summed E-state index contributed by atoms with van der Waals surface area (Å²) in [6, 6.07) is 10.9. The van der Waals surface area contributed by atoms with Gasteiger partial charge in [-0.25, -0.2) is 0 Å². The summed E-state index contributed by atoms with van der Waals surface area (Å²) < 4.78 is 86.7. The molecule has 5 nitrogen and oxygen atoms in total. The molecule has 2 heterocycles. The fourth-order valence-corrected chi connectivity index (χ4v) is 5.23. The first-order valence-corrected chi connectivity index (χ1v) is 12.7. The first-order chi connectivity index (χ1) is 19.2. The number of anilines is 1. The van der Waals surface area contributed by atoms with Crippen LogP contribution in [0, 0.1) is 6.92 Å². The number of carbonyl (C=O) groups excluding carboxylic acids is 2. The van der Waals surface area contributed by atoms with Crippen LogP contribution in [0.4, 0.5) is 32.0 Å². The van der Waals surface area contributed by atoms with Crippen LogP contribution in [0.1, 0.15) is 54.6 Å². The molecule has 41 heavy (non-hydrogen) atoms. The van der Waals surface area contributed by atoms with Crippen LogP contribution >= 0.6 is 0 Å². The lowest BCUT2D eigenvalue weighted by Gasteiger charge is -2.33. The highest BCUT2D eigenvalue weighted by Crippen LogP contribution is 2.45. The maximum absolute atomic E-state index is 13.6. The van der Waals surface area contributed by atoms with Crippen LogP contribution < -0.4 is 10.6 Å². The highest BCUT2D eigenvalue weighted by atomic mass is 19.4. The summed E-state index contributed by atoms with van der Waals surface area (Å²) in [7, 11) is 0. The van der Waals surface area contributed by atoms with Gasteiger partial charge in [0.25, 0.3) is 5.91 Å². The zero-order chi connectivity index (χ0) is 29.7. The molecule has 0 radical (unpaired) electrons. The zero-order valence-corrected chi connectivity index (χ0v) is 21.9. The van der Waals surface area contributed by atoms with Gasteiger partial charge in [0.15, 0.2) is 5.78 Å². The average Bonchev–Trinajstić information content (AvgIpc) is 3.38. The van der Waals surface area contributed by atoms with Crippen molar-refractivity contribution in [2.75, 3.05) is 5.32 Å². The van der Waals surface area contributed by atoms with Gasteiger partial charge in [0.1, 0.15) is 11.5 Å². The lowest BCUT2D eigenvalue weighted by atomic mass is 9.77. The quantitative estimate of drug-likeness (QED) is 0.311. The molecule has 0 spiro atoms. The molecule has 1 aliphatic carbocycles. The minimum atomic E-state index is -5.03. The van der Waals surface area contributed by atoms with Crippen molar-refractivity contribution < 1.29 is 40.3 Å². The fourth-order valence-electron chi connectivity index (χ4n) is 5.23. The number of ketones is 1. The Morgan fingerprint density at radius 3 is 2.22 bits per heavy atom. The molecule has 214 valence electrons. The lowest BCUT2D eigenvalue weighted by Crippen LogP contribution is -2.35. The number of para-hydroxylation sites is 1. The summed E-state index contributed by atoms with van der Waals surface area (Å²) in [5.41, 5.74) is -0.580. The second kappa shape index (κ2) is 10.3. The van der Waals surface area contributed by atoms with Crippen molar-refractivity contribution in [3.63, 3.8) is 0 Å². The van der Waals surface area contributed by atoms with Gasteiger partial charge in [0.2, 0.25) is 0 Å². The van der Waals surface area contributed by atoms with Crippen molar-refractivity contribution >= 4 is 17.4 Å². The molecule has 5 rings (SSSR count). The number of amides is 1. The number of furan rings is 1. The number of hydrogen-bond acceptors (Lipinski definition) is 4. The number of halogens is 6. The van der Waals surface area contributed by atoms with Crippen LogP contribution in [0.15, 0.2) is 81.6 Å². The first-order valence-electron chi connectivity index (χ1n) is 12.7. The van der Waals surface area contributed by atoms with Gasteiger partial charge in [0, 0.05) is 34.6 Å². The molecule has 0 saturated carbocycles. The molecule has 0 bridgehead atoms. The van der Waals surface area contributed by atoms with Gasteiger partial charge < -0.3 is 15.1 Å². The van der Waals surface area contributed by atoms with E-state index < -0.39 is 40.9 Å². The highest BCUT2D eigenvalue weighted by Gasteiger charge is 2.41. The van der Waals surface area contributed by atoms with E-state index in [0.29, 0.717) is 42.1 Å². The number of hydrogen-bond donors (Lipinski definition) is 2. The van der Waals surface area contributed by atoms with E-state index in [9.17, 15) is 35.9 Å². The Kier molecular flexibility index (Phi) is 7.08. The molecule has 1 amide bonds. The molecule has 1 atom stereocenters. The molecule has 3 aromatic rings. The summed E-state index contributed by atoms with van der Waals surface area (Å²) in [4.78, 5) is 26.8. The van der Waals surface area contributed by atoms with Crippen molar-refractivity contribution in [3.8, 4) is 11.3 Å². The summed E-state index contributed by atoms with van der Waals surface area (Å²) >= 11 is 0. The van der Waals surface area contributed by atoms with Crippen molar-refractivity contribution in [2.45, 2.75) is 51.4 Å². The maximum Gasteiger partial charge on any atom is 0.416 e. The third-order valence-electron chi connectivity index (χ3n) is 7.20. The van der Waals surface area contributed by atoms with Gasteiger partial charge in [-0.3, -0.25) is 9.59 Å². The standard InChI is InChI=1S/C30H24F6N2O3/c1-15-6-3-4-7-20(15)38-28(40)25-16(2)37-21-8-5-9-22(39)26(21)27(25)24-11-10-23(41-24)17-12-18(29(31,32)33)14-19(13-17)30(34,35)36/h3-4,6-7,10-14,27,37H,5,8-9H2,1-2H3,(H,38,40). The lowest BCUT2D eigenvalue weighted by molar-refractivity contribution is -0.143. The molecule has 0 saturated heterocycles. The van der Waals surface area contributed by atoms with Crippen molar-refractivity contribution in [1.29, 1.82) is 0 Å². The van der Waals surface area contributed by atoms with E-state index in [4.69, 9.17) is 4.42 Å². The van der Waals surface area contributed by atoms with Crippen LogP contribution in [-0.2, 0) is 21.9 Å². The number of alkyl halides is 6. The van der Waals surface area contributed by atoms with Crippen LogP contribution in [0.2, 0.25) is 0 Å². The van der Waals surface area contributed by atoms with Gasteiger partial charge >= 0.3 is 12.4 Å². The van der Waals surface area contributed by atoms with Crippen LogP contribution in [0.25, 0.3) is 11.3 Å². The number of allylic oxidation sites excluding steroid dienone is 3. The van der Waals surface area contributed by atoms with Crippen molar-refractivity contribution in [2.24, 2.45) is 0 Å². The molecule has 0 fully saturated rings. The summed E-state index contributed by atoms with van der Waals surface area (Å²) in [5.74, 6) is -2.00. The minimum Gasteiger partial charge on any atom is -0.460 e. The van der Waals surface area contributed by atoms with Crippen LogP contribution in [0.5, 0.6) is 0 Å². The Morgan fingerprint density at radius 2 is 1.59 bits per heavy atom. The SMILES string of the molecule is CC1=C(C(=O)Nc2ccccc2C)C(c2ccc(-c3cc(C(F)(F)F)cc(C(F)(F)F)c3)o2)C2=C(CCCC2=O)N1. The van der Waals surface area contributed by atoms with Crippen LogP contribution in [0.3, 0.4) is 0 Å². The maximum atomic E-state index is 13.6. The normalized spacial score (nSPS) is 17.9. The highest BCUT2D eigenvalue weighted by molar-refractivity contribution is 6.09. The predicted octanol–water partition coefficient (Wildman–Crippen LogP) is 7.90. The number of rotatable bonds is 4. The number of aryl methyl sites for hydroxylation is 1. The molecular formula is C30H24F6N2O3. The number of nitrogens with one attached hydrogen (secondary N) is 2. The van der Waals surface area contributed by atoms with Gasteiger partial charge in [0.05, 0.1) is 22.6 Å². The van der Waals surface area contributed by atoms with Crippen molar-refractivity contribution in [1.82, 2.24) is 5.32 Å². The Labute approximate surface area is 230 Å². The zero-order valence-electron chi connectivity index (χ0n) is 21.9. The average molecular weight is 575 g/mol. The molecular weight excluding hydrogens is 550 g/mol. The molecule has 2 aliphatic rings. The third kappa shape index (κ3) is 5.53. The Morgan fingerprint density at radius 1 is 0.927 bits per heavy atom. The van der Waals surface area contributed by atoms with E-state index in [1.807, 2.05) is 13.0 Å². The van der Waals surface area contributed by atoms with Crippen molar-refractivity contribution in [3.05, 3.63) is 99.6 Å². The molecule has 1 aromatic heterocycles. The molecule has 2 N–H and O–H groups in total. The van der Waals surface area contributed by atoms with E-state index in [-0.39, 0.29) is 40.9 Å². The Balaban J connectivity index is 1.61. The number of benzene rings is 2.